The first kappa shape index (κ1) is 21.6. The van der Waals surface area contributed by atoms with Gasteiger partial charge in [0.2, 0.25) is 5.91 Å². The molecule has 9 heteroatoms. The Morgan fingerprint density at radius 3 is 2.47 bits per heavy atom. The van der Waals surface area contributed by atoms with Crippen LogP contribution in [0, 0.1) is 24.5 Å². The van der Waals surface area contributed by atoms with E-state index in [1.54, 1.807) is 13.0 Å². The number of alkyl halides is 2. The zero-order valence-electron chi connectivity index (χ0n) is 16.1. The van der Waals surface area contributed by atoms with Crippen molar-refractivity contribution in [2.45, 2.75) is 26.4 Å². The van der Waals surface area contributed by atoms with Crippen LogP contribution in [0.15, 0.2) is 36.4 Å². The van der Waals surface area contributed by atoms with Crippen molar-refractivity contribution in [1.82, 2.24) is 4.90 Å². The van der Waals surface area contributed by atoms with Crippen LogP contribution in [0.4, 0.5) is 23.2 Å². The van der Waals surface area contributed by atoms with Crippen LogP contribution in [0.3, 0.4) is 0 Å². The zero-order valence-corrected chi connectivity index (χ0v) is 16.1. The number of benzene rings is 2. The van der Waals surface area contributed by atoms with Gasteiger partial charge in [0.05, 0.1) is 5.56 Å². The van der Waals surface area contributed by atoms with Crippen molar-refractivity contribution < 1.29 is 31.9 Å². The molecule has 30 heavy (non-hydrogen) atoms. The fraction of sp³-hybridized carbons (Fsp3) is 0.333. The standard InChI is InChI=1S/C21H20F4N2O3/c1-12-17(3-2-4-18(12)30-21(24)25)26-19(28)13-7-9-27(10-8-13)20(29)15-6-5-14(22)11-16(15)23/h2-6,11,13,21H,7-10H2,1H3,(H,26,28). The maximum Gasteiger partial charge on any atom is 0.387 e. The van der Waals surface area contributed by atoms with E-state index in [9.17, 15) is 27.2 Å². The quantitative estimate of drug-likeness (QED) is 0.726. The number of likely N-dealkylation sites (tertiary alicyclic amines) is 1. The molecule has 1 N–H and O–H groups in total. The van der Waals surface area contributed by atoms with Gasteiger partial charge in [-0.25, -0.2) is 8.78 Å². The molecule has 2 aromatic carbocycles. The molecule has 2 amide bonds. The highest BCUT2D eigenvalue weighted by atomic mass is 19.3. The van der Waals surface area contributed by atoms with E-state index in [0.29, 0.717) is 30.2 Å². The van der Waals surface area contributed by atoms with E-state index in [1.807, 2.05) is 0 Å². The number of ether oxygens (including phenoxy) is 1. The maximum absolute atomic E-state index is 13.8. The van der Waals surface area contributed by atoms with Gasteiger partial charge in [0, 0.05) is 36.3 Å². The van der Waals surface area contributed by atoms with Crippen LogP contribution in [-0.4, -0.2) is 36.4 Å². The lowest BCUT2D eigenvalue weighted by Gasteiger charge is -2.31. The summed E-state index contributed by atoms with van der Waals surface area (Å²) in [4.78, 5) is 26.5. The topological polar surface area (TPSA) is 58.6 Å². The molecule has 0 bridgehead atoms. The third-order valence-electron chi connectivity index (χ3n) is 5.07. The van der Waals surface area contributed by atoms with Gasteiger partial charge in [0.15, 0.2) is 0 Å². The third kappa shape index (κ3) is 4.90. The van der Waals surface area contributed by atoms with Crippen molar-refractivity contribution in [3.05, 3.63) is 59.2 Å². The second kappa shape index (κ2) is 9.15. The van der Waals surface area contributed by atoms with Crippen LogP contribution >= 0.6 is 0 Å². The number of rotatable bonds is 5. The highest BCUT2D eigenvalue weighted by Crippen LogP contribution is 2.28. The Bertz CT molecular complexity index is 944. The molecule has 3 rings (SSSR count). The molecule has 0 saturated carbocycles. The normalized spacial score (nSPS) is 14.7. The maximum atomic E-state index is 13.8. The van der Waals surface area contributed by atoms with E-state index in [0.717, 1.165) is 12.1 Å². The minimum Gasteiger partial charge on any atom is -0.434 e. The Labute approximate surface area is 170 Å². The van der Waals surface area contributed by atoms with E-state index >= 15 is 0 Å². The summed E-state index contributed by atoms with van der Waals surface area (Å²) in [5, 5.41) is 2.72. The van der Waals surface area contributed by atoms with Crippen molar-refractivity contribution in [3.63, 3.8) is 0 Å². The molecule has 0 unspecified atom stereocenters. The van der Waals surface area contributed by atoms with Crippen LogP contribution < -0.4 is 10.1 Å². The van der Waals surface area contributed by atoms with E-state index in [4.69, 9.17) is 0 Å². The summed E-state index contributed by atoms with van der Waals surface area (Å²) in [6, 6.07) is 7.24. The Kier molecular flexibility index (Phi) is 6.59. The minimum absolute atomic E-state index is 0.0236. The first-order chi connectivity index (χ1) is 14.3. The van der Waals surface area contributed by atoms with E-state index < -0.39 is 30.1 Å². The van der Waals surface area contributed by atoms with Crippen LogP contribution in [0.25, 0.3) is 0 Å². The molecule has 1 aliphatic heterocycles. The largest absolute Gasteiger partial charge is 0.434 e. The van der Waals surface area contributed by atoms with Crippen molar-refractivity contribution in [3.8, 4) is 5.75 Å². The third-order valence-corrected chi connectivity index (χ3v) is 5.07. The lowest BCUT2D eigenvalue weighted by Crippen LogP contribution is -2.41. The number of hydrogen-bond acceptors (Lipinski definition) is 3. The molecule has 0 atom stereocenters. The summed E-state index contributed by atoms with van der Waals surface area (Å²) in [6.45, 7) is -0.934. The second-order valence-corrected chi connectivity index (χ2v) is 6.99. The Morgan fingerprint density at radius 1 is 1.13 bits per heavy atom. The van der Waals surface area contributed by atoms with E-state index in [-0.39, 0.29) is 30.3 Å². The molecule has 0 spiro atoms. The number of hydrogen-bond donors (Lipinski definition) is 1. The summed E-state index contributed by atoms with van der Waals surface area (Å²) in [7, 11) is 0. The first-order valence-electron chi connectivity index (χ1n) is 9.36. The van der Waals surface area contributed by atoms with Crippen molar-refractivity contribution in [1.29, 1.82) is 0 Å². The Balaban J connectivity index is 1.60. The van der Waals surface area contributed by atoms with E-state index in [1.165, 1.54) is 17.0 Å². The van der Waals surface area contributed by atoms with Crippen molar-refractivity contribution >= 4 is 17.5 Å². The predicted molar refractivity (Wildman–Crippen MR) is 101 cm³/mol. The van der Waals surface area contributed by atoms with Crippen LogP contribution in [0.2, 0.25) is 0 Å². The van der Waals surface area contributed by atoms with Gasteiger partial charge < -0.3 is 15.0 Å². The summed E-state index contributed by atoms with van der Waals surface area (Å²) in [5.41, 5.74) is 0.529. The summed E-state index contributed by atoms with van der Waals surface area (Å²) >= 11 is 0. The first-order valence-corrected chi connectivity index (χ1v) is 9.36. The molecule has 0 radical (unpaired) electrons. The van der Waals surface area contributed by atoms with Crippen molar-refractivity contribution in [2.75, 3.05) is 18.4 Å². The second-order valence-electron chi connectivity index (χ2n) is 6.99. The average Bonchev–Trinajstić information content (AvgIpc) is 2.70. The number of piperidine rings is 1. The fourth-order valence-corrected chi connectivity index (χ4v) is 3.39. The number of nitrogens with zero attached hydrogens (tertiary/aromatic N) is 1. The number of carbonyl (C=O) groups is 2. The van der Waals surface area contributed by atoms with Gasteiger partial charge in [-0.15, -0.1) is 0 Å². The Morgan fingerprint density at radius 2 is 1.83 bits per heavy atom. The zero-order chi connectivity index (χ0) is 21.8. The molecule has 1 aliphatic rings. The van der Waals surface area contributed by atoms with Gasteiger partial charge in [0.1, 0.15) is 17.4 Å². The molecule has 1 heterocycles. The number of amides is 2. The minimum atomic E-state index is -2.97. The lowest BCUT2D eigenvalue weighted by atomic mass is 9.95. The van der Waals surface area contributed by atoms with Gasteiger partial charge in [-0.05, 0) is 44.0 Å². The molecule has 0 aliphatic carbocycles. The fourth-order valence-electron chi connectivity index (χ4n) is 3.39. The number of halogens is 4. The Hall–Kier alpha value is -3.10. The van der Waals surface area contributed by atoms with Crippen LogP contribution in [0.5, 0.6) is 5.75 Å². The van der Waals surface area contributed by atoms with Gasteiger partial charge >= 0.3 is 6.61 Å². The molecule has 5 nitrogen and oxygen atoms in total. The predicted octanol–water partition coefficient (Wildman–Crippen LogP) is 4.37. The number of anilines is 1. The SMILES string of the molecule is Cc1c(NC(=O)C2CCN(C(=O)c3ccc(F)cc3F)CC2)cccc1OC(F)F. The molecule has 0 aromatic heterocycles. The number of nitrogens with one attached hydrogen (secondary N) is 1. The average molecular weight is 424 g/mol. The molecular formula is C21H20F4N2O3. The molecule has 1 fully saturated rings. The van der Waals surface area contributed by atoms with Gasteiger partial charge in [0.25, 0.3) is 5.91 Å². The van der Waals surface area contributed by atoms with Crippen LogP contribution in [-0.2, 0) is 4.79 Å². The monoisotopic (exact) mass is 424 g/mol. The van der Waals surface area contributed by atoms with Gasteiger partial charge in [-0.2, -0.15) is 8.78 Å². The summed E-state index contributed by atoms with van der Waals surface area (Å²) < 4.78 is 56.2. The van der Waals surface area contributed by atoms with Crippen LogP contribution in [0.1, 0.15) is 28.8 Å². The molecule has 2 aromatic rings. The van der Waals surface area contributed by atoms with Gasteiger partial charge in [-0.3, -0.25) is 9.59 Å². The lowest BCUT2D eigenvalue weighted by molar-refractivity contribution is -0.121. The van der Waals surface area contributed by atoms with Crippen molar-refractivity contribution in [2.24, 2.45) is 5.92 Å². The molecular weight excluding hydrogens is 404 g/mol. The smallest absolute Gasteiger partial charge is 0.387 e. The highest BCUT2D eigenvalue weighted by Gasteiger charge is 2.29. The van der Waals surface area contributed by atoms with E-state index in [2.05, 4.69) is 10.1 Å². The number of carbonyl (C=O) groups excluding carboxylic acids is 2. The summed E-state index contributed by atoms with van der Waals surface area (Å²) in [6.07, 6.45) is 0.708. The molecule has 1 saturated heterocycles. The highest BCUT2D eigenvalue weighted by molar-refractivity contribution is 5.96. The molecule has 160 valence electrons. The summed E-state index contributed by atoms with van der Waals surface area (Å²) in [5.74, 6) is -2.97. The van der Waals surface area contributed by atoms with Gasteiger partial charge in [-0.1, -0.05) is 6.07 Å².